The van der Waals surface area contributed by atoms with Crippen molar-refractivity contribution in [2.45, 2.75) is 79.6 Å². The van der Waals surface area contributed by atoms with Gasteiger partial charge in [-0.1, -0.05) is 52.2 Å². The molecule has 21 heavy (non-hydrogen) atoms. The quantitative estimate of drug-likeness (QED) is 0.670. The average Bonchev–Trinajstić information content (AvgIpc) is 2.37. The Bertz CT molecular complexity index is 381. The van der Waals surface area contributed by atoms with Gasteiger partial charge in [0.25, 0.3) is 0 Å². The Hall–Kier alpha value is -0.300. The summed E-state index contributed by atoms with van der Waals surface area (Å²) in [5.74, 6) is 2.63. The summed E-state index contributed by atoms with van der Waals surface area (Å²) in [5, 5.41) is 9.06. The summed E-state index contributed by atoms with van der Waals surface area (Å²) in [5.41, 5.74) is 2.44. The van der Waals surface area contributed by atoms with Crippen LogP contribution in [0.3, 0.4) is 0 Å². The fourth-order valence-corrected chi connectivity index (χ4v) is 5.87. The maximum absolute atomic E-state index is 9.06. The van der Waals surface area contributed by atoms with Gasteiger partial charge in [0, 0.05) is 0 Å². The van der Waals surface area contributed by atoms with Crippen molar-refractivity contribution < 1.29 is 5.11 Å². The maximum atomic E-state index is 9.06. The van der Waals surface area contributed by atoms with Gasteiger partial charge in [0.05, 0.1) is 6.61 Å². The molecule has 0 heterocycles. The second kappa shape index (κ2) is 6.44. The van der Waals surface area contributed by atoms with Gasteiger partial charge in [0.2, 0.25) is 0 Å². The van der Waals surface area contributed by atoms with Gasteiger partial charge in [-0.25, -0.2) is 0 Å². The zero-order valence-corrected chi connectivity index (χ0v) is 14.9. The number of aliphatic hydroxyl groups excluding tert-OH is 1. The average molecular weight is 293 g/mol. The van der Waals surface area contributed by atoms with Crippen LogP contribution in [0.2, 0.25) is 0 Å². The van der Waals surface area contributed by atoms with Gasteiger partial charge in [-0.2, -0.15) is 0 Å². The van der Waals surface area contributed by atoms with Crippen molar-refractivity contribution in [2.24, 2.45) is 28.6 Å². The molecule has 0 aromatic heterocycles. The fourth-order valence-electron chi connectivity index (χ4n) is 5.87. The van der Waals surface area contributed by atoms with Crippen molar-refractivity contribution in [3.8, 4) is 0 Å². The molecule has 0 unspecified atom stereocenters. The van der Waals surface area contributed by atoms with Crippen LogP contribution in [0.25, 0.3) is 0 Å². The van der Waals surface area contributed by atoms with E-state index in [1.807, 2.05) is 6.08 Å². The van der Waals surface area contributed by atoms with Crippen molar-refractivity contribution in [2.75, 3.05) is 6.61 Å². The summed E-state index contributed by atoms with van der Waals surface area (Å²) in [6.07, 6.45) is 11.6. The normalized spacial score (nSPS) is 39.9. The molecule has 2 aliphatic rings. The van der Waals surface area contributed by atoms with Gasteiger partial charge in [-0.3, -0.25) is 0 Å². The molecule has 2 fully saturated rings. The van der Waals surface area contributed by atoms with E-state index in [1.165, 1.54) is 44.1 Å². The van der Waals surface area contributed by atoms with Gasteiger partial charge in [-0.05, 0) is 67.6 Å². The van der Waals surface area contributed by atoms with E-state index < -0.39 is 0 Å². The summed E-state index contributed by atoms with van der Waals surface area (Å²) in [6, 6.07) is 0. The first kappa shape index (κ1) is 17.1. The van der Waals surface area contributed by atoms with Gasteiger partial charge in [0.15, 0.2) is 0 Å². The van der Waals surface area contributed by atoms with Crippen LogP contribution in [0.5, 0.6) is 0 Å². The van der Waals surface area contributed by atoms with E-state index in [4.69, 9.17) is 5.11 Å². The van der Waals surface area contributed by atoms with Crippen molar-refractivity contribution in [3.63, 3.8) is 0 Å². The number of allylic oxidation sites excluding steroid dienone is 1. The third kappa shape index (κ3) is 3.38. The van der Waals surface area contributed by atoms with Crippen molar-refractivity contribution in [3.05, 3.63) is 11.6 Å². The highest BCUT2D eigenvalue weighted by molar-refractivity contribution is 5.05. The first-order valence-corrected chi connectivity index (χ1v) is 9.08. The highest BCUT2D eigenvalue weighted by Gasteiger charge is 2.53. The molecule has 2 rings (SSSR count). The molecule has 122 valence electrons. The van der Waals surface area contributed by atoms with Crippen LogP contribution in [-0.4, -0.2) is 11.7 Å². The van der Waals surface area contributed by atoms with E-state index >= 15 is 0 Å². The summed E-state index contributed by atoms with van der Waals surface area (Å²) in [4.78, 5) is 0. The van der Waals surface area contributed by atoms with E-state index in [2.05, 4.69) is 34.6 Å². The molecule has 2 aliphatic carbocycles. The van der Waals surface area contributed by atoms with E-state index in [9.17, 15) is 0 Å². The Morgan fingerprint density at radius 3 is 2.57 bits per heavy atom. The van der Waals surface area contributed by atoms with E-state index in [1.54, 1.807) is 0 Å². The Morgan fingerprint density at radius 1 is 1.19 bits per heavy atom. The predicted octanol–water partition coefficient (Wildman–Crippen LogP) is 5.58. The lowest BCUT2D eigenvalue weighted by molar-refractivity contribution is -0.0957. The molecule has 0 aromatic rings. The standard InChI is InChI=1S/C20H36O/c1-15(11-14-21)7-9-17-16(2)8-10-18-19(3,4)12-6-13-20(17,18)5/h11,16-18,21H,6-10,12-14H2,1-5H3/b15-11-/t16-,17-,18+,20-/m1/s1. The molecule has 0 saturated heterocycles. The zero-order valence-electron chi connectivity index (χ0n) is 14.9. The molecule has 4 atom stereocenters. The summed E-state index contributed by atoms with van der Waals surface area (Å²) in [6.45, 7) is 12.5. The van der Waals surface area contributed by atoms with Crippen LogP contribution in [0.4, 0.5) is 0 Å². The van der Waals surface area contributed by atoms with Crippen LogP contribution in [0, 0.1) is 28.6 Å². The minimum absolute atomic E-state index is 0.193. The number of hydrogen-bond donors (Lipinski definition) is 1. The number of aliphatic hydroxyl groups is 1. The molecule has 0 radical (unpaired) electrons. The molecule has 0 amide bonds. The highest BCUT2D eigenvalue weighted by atomic mass is 16.2. The lowest BCUT2D eigenvalue weighted by Gasteiger charge is -2.59. The monoisotopic (exact) mass is 292 g/mol. The fraction of sp³-hybridized carbons (Fsp3) is 0.900. The minimum Gasteiger partial charge on any atom is -0.392 e. The van der Waals surface area contributed by atoms with Gasteiger partial charge in [0.1, 0.15) is 0 Å². The Balaban J connectivity index is 2.15. The minimum atomic E-state index is 0.193. The number of rotatable bonds is 4. The van der Waals surface area contributed by atoms with Crippen LogP contribution in [-0.2, 0) is 0 Å². The van der Waals surface area contributed by atoms with Crippen LogP contribution in [0.1, 0.15) is 79.6 Å². The Labute approximate surface area is 132 Å². The Morgan fingerprint density at radius 2 is 1.90 bits per heavy atom. The molecular formula is C20H36O. The first-order valence-electron chi connectivity index (χ1n) is 9.08. The van der Waals surface area contributed by atoms with Crippen LogP contribution < -0.4 is 0 Å². The van der Waals surface area contributed by atoms with Crippen LogP contribution in [0.15, 0.2) is 11.6 Å². The zero-order chi connectivity index (χ0) is 15.7. The topological polar surface area (TPSA) is 20.2 Å². The third-order valence-corrected chi connectivity index (χ3v) is 7.01. The number of hydrogen-bond acceptors (Lipinski definition) is 1. The van der Waals surface area contributed by atoms with Crippen molar-refractivity contribution >= 4 is 0 Å². The van der Waals surface area contributed by atoms with Gasteiger partial charge < -0.3 is 5.11 Å². The van der Waals surface area contributed by atoms with Crippen molar-refractivity contribution in [1.29, 1.82) is 0 Å². The second-order valence-corrected chi connectivity index (χ2v) is 8.83. The SMILES string of the molecule is C/C(=C/CO)CC[C@@H]1[C@H](C)CC[C@H]2C(C)(C)CCC[C@]12C. The molecule has 1 N–H and O–H groups in total. The largest absolute Gasteiger partial charge is 0.392 e. The summed E-state index contributed by atoms with van der Waals surface area (Å²) < 4.78 is 0. The second-order valence-electron chi connectivity index (χ2n) is 8.83. The van der Waals surface area contributed by atoms with E-state index in [-0.39, 0.29) is 6.61 Å². The lowest BCUT2D eigenvalue weighted by Crippen LogP contribution is -2.51. The molecule has 2 saturated carbocycles. The lowest BCUT2D eigenvalue weighted by atomic mass is 9.46. The third-order valence-electron chi connectivity index (χ3n) is 7.01. The molecule has 1 heteroatoms. The molecule has 0 spiro atoms. The first-order chi connectivity index (χ1) is 9.81. The molecule has 0 bridgehead atoms. The molecular weight excluding hydrogens is 256 g/mol. The van der Waals surface area contributed by atoms with E-state index in [0.29, 0.717) is 10.8 Å². The predicted molar refractivity (Wildman–Crippen MR) is 91.2 cm³/mol. The molecule has 0 aromatic carbocycles. The van der Waals surface area contributed by atoms with Crippen molar-refractivity contribution in [1.82, 2.24) is 0 Å². The van der Waals surface area contributed by atoms with Gasteiger partial charge >= 0.3 is 0 Å². The smallest absolute Gasteiger partial charge is 0.0614 e. The van der Waals surface area contributed by atoms with Gasteiger partial charge in [-0.15, -0.1) is 0 Å². The number of fused-ring (bicyclic) bond motifs is 1. The van der Waals surface area contributed by atoms with Crippen LogP contribution >= 0.6 is 0 Å². The van der Waals surface area contributed by atoms with E-state index in [0.717, 1.165) is 24.2 Å². The molecule has 1 nitrogen and oxygen atoms in total. The highest BCUT2D eigenvalue weighted by Crippen LogP contribution is 2.62. The summed E-state index contributed by atoms with van der Waals surface area (Å²) >= 11 is 0. The maximum Gasteiger partial charge on any atom is 0.0614 e. The molecule has 0 aliphatic heterocycles. The Kier molecular flexibility index (Phi) is 5.23. The summed E-state index contributed by atoms with van der Waals surface area (Å²) in [7, 11) is 0.